The van der Waals surface area contributed by atoms with Gasteiger partial charge in [0.25, 0.3) is 0 Å². The first-order chi connectivity index (χ1) is 32.8. The molecule has 0 aliphatic heterocycles. The minimum absolute atomic E-state index is 0.857. The molecule has 0 amide bonds. The maximum atomic E-state index is 6.98. The van der Waals surface area contributed by atoms with Crippen molar-refractivity contribution in [3.8, 4) is 44.5 Å². The summed E-state index contributed by atoms with van der Waals surface area (Å²) in [6, 6.07) is 90.1. The lowest BCUT2D eigenvalue weighted by atomic mass is 9.91. The van der Waals surface area contributed by atoms with Gasteiger partial charge in [-0.25, -0.2) is 0 Å². The summed E-state index contributed by atoms with van der Waals surface area (Å²) in [5, 5.41) is 12.2. The Morgan fingerprint density at radius 2 is 0.818 bits per heavy atom. The maximum absolute atomic E-state index is 6.98. The normalized spacial score (nSPS) is 11.6. The summed E-state index contributed by atoms with van der Waals surface area (Å²) in [5.41, 5.74) is 14.1. The van der Waals surface area contributed by atoms with E-state index < -0.39 is 0 Å². The van der Waals surface area contributed by atoms with E-state index in [4.69, 9.17) is 4.42 Å². The van der Waals surface area contributed by atoms with Gasteiger partial charge in [-0.15, -0.1) is 0 Å². The second-order valence-corrected chi connectivity index (χ2v) is 17.1. The van der Waals surface area contributed by atoms with E-state index in [1.165, 1.54) is 59.8 Å². The van der Waals surface area contributed by atoms with E-state index in [9.17, 15) is 0 Å². The van der Waals surface area contributed by atoms with Gasteiger partial charge in [-0.2, -0.15) is 0 Å². The molecule has 0 unspecified atom stereocenters. The summed E-state index contributed by atoms with van der Waals surface area (Å²) in [6.07, 6.45) is 0. The lowest BCUT2D eigenvalue weighted by Gasteiger charge is -2.29. The van der Waals surface area contributed by atoms with Crippen molar-refractivity contribution in [2.45, 2.75) is 0 Å². The number of nitrogens with zero attached hydrogens (tertiary/aromatic N) is 1. The zero-order valence-electron chi connectivity index (χ0n) is 36.0. The highest BCUT2D eigenvalue weighted by Crippen LogP contribution is 2.50. The molecule has 0 radical (unpaired) electrons. The number of anilines is 3. The smallest absolute Gasteiger partial charge is 0.145 e. The molecule has 0 aliphatic rings. The Kier molecular flexibility index (Phi) is 8.89. The maximum Gasteiger partial charge on any atom is 0.145 e. The van der Waals surface area contributed by atoms with Crippen LogP contribution >= 0.6 is 0 Å². The van der Waals surface area contributed by atoms with Crippen molar-refractivity contribution in [1.29, 1.82) is 0 Å². The molecule has 1 aromatic heterocycles. The minimum atomic E-state index is 0.857. The van der Waals surface area contributed by atoms with Gasteiger partial charge in [0.05, 0.1) is 16.8 Å². The first kappa shape index (κ1) is 37.8. The van der Waals surface area contributed by atoms with E-state index in [0.29, 0.717) is 0 Å². The highest BCUT2D eigenvalue weighted by atomic mass is 16.3. The van der Waals surface area contributed by atoms with Gasteiger partial charge >= 0.3 is 0 Å². The summed E-state index contributed by atoms with van der Waals surface area (Å²) < 4.78 is 6.98. The molecule has 308 valence electrons. The third-order valence-corrected chi connectivity index (χ3v) is 13.5. The highest BCUT2D eigenvalue weighted by Gasteiger charge is 2.25. The Labute approximate surface area is 382 Å². The average molecular weight is 840 g/mol. The largest absolute Gasteiger partial charge is 0.455 e. The van der Waals surface area contributed by atoms with Crippen LogP contribution < -0.4 is 4.90 Å². The Morgan fingerprint density at radius 1 is 0.273 bits per heavy atom. The molecule has 13 rings (SSSR count). The minimum Gasteiger partial charge on any atom is -0.455 e. The second kappa shape index (κ2) is 15.5. The molecule has 1 heterocycles. The highest BCUT2D eigenvalue weighted by molar-refractivity contribution is 6.26. The molecule has 2 heteroatoms. The third kappa shape index (κ3) is 6.11. The van der Waals surface area contributed by atoms with Gasteiger partial charge in [-0.05, 0) is 119 Å². The molecule has 0 bridgehead atoms. The summed E-state index contributed by atoms with van der Waals surface area (Å²) in [5.74, 6) is 0. The van der Waals surface area contributed by atoms with Gasteiger partial charge in [-0.3, -0.25) is 0 Å². The Bertz CT molecular complexity index is 3950. The molecular formula is C64H41NO. The number of hydrogen-bond donors (Lipinski definition) is 0. The zero-order valence-corrected chi connectivity index (χ0v) is 36.0. The van der Waals surface area contributed by atoms with Crippen LogP contribution in [-0.2, 0) is 0 Å². The predicted octanol–water partition coefficient (Wildman–Crippen LogP) is 18.3. The van der Waals surface area contributed by atoms with Crippen molar-refractivity contribution in [3.05, 3.63) is 249 Å². The fourth-order valence-electron chi connectivity index (χ4n) is 10.5. The van der Waals surface area contributed by atoms with E-state index in [0.717, 1.165) is 66.8 Å². The summed E-state index contributed by atoms with van der Waals surface area (Å²) in [7, 11) is 0. The summed E-state index contributed by atoms with van der Waals surface area (Å²) in [6.45, 7) is 0. The number of benzene rings is 12. The monoisotopic (exact) mass is 839 g/mol. The van der Waals surface area contributed by atoms with Crippen LogP contribution in [0.2, 0.25) is 0 Å². The molecule has 0 N–H and O–H groups in total. The van der Waals surface area contributed by atoms with E-state index in [-0.39, 0.29) is 0 Å². The quantitative estimate of drug-likeness (QED) is 0.149. The van der Waals surface area contributed by atoms with Crippen LogP contribution in [0.1, 0.15) is 0 Å². The van der Waals surface area contributed by atoms with Gasteiger partial charge in [0, 0.05) is 22.2 Å². The average Bonchev–Trinajstić information content (AvgIpc) is 3.79. The first-order valence-electron chi connectivity index (χ1n) is 22.7. The summed E-state index contributed by atoms with van der Waals surface area (Å²) in [4.78, 5) is 2.44. The Morgan fingerprint density at radius 3 is 1.58 bits per heavy atom. The zero-order chi connectivity index (χ0) is 43.6. The van der Waals surface area contributed by atoms with Crippen LogP contribution in [-0.4, -0.2) is 0 Å². The van der Waals surface area contributed by atoms with Gasteiger partial charge in [0.15, 0.2) is 0 Å². The molecule has 66 heavy (non-hydrogen) atoms. The van der Waals surface area contributed by atoms with E-state index >= 15 is 0 Å². The fourth-order valence-corrected chi connectivity index (χ4v) is 10.5. The van der Waals surface area contributed by atoms with Crippen molar-refractivity contribution in [2.24, 2.45) is 0 Å². The number of rotatable bonds is 7. The van der Waals surface area contributed by atoms with Crippen molar-refractivity contribution in [3.63, 3.8) is 0 Å². The van der Waals surface area contributed by atoms with Crippen LogP contribution in [0.5, 0.6) is 0 Å². The van der Waals surface area contributed by atoms with Gasteiger partial charge in [0.2, 0.25) is 0 Å². The van der Waals surface area contributed by atoms with Crippen LogP contribution in [0.15, 0.2) is 253 Å². The fraction of sp³-hybridized carbons (Fsp3) is 0. The molecule has 0 atom stereocenters. The predicted molar refractivity (Wildman–Crippen MR) is 280 cm³/mol. The molecule has 0 spiro atoms. The summed E-state index contributed by atoms with van der Waals surface area (Å²) >= 11 is 0. The number of fused-ring (bicyclic) bond motifs is 10. The van der Waals surface area contributed by atoms with E-state index in [1.54, 1.807) is 0 Å². The Hall–Kier alpha value is -8.72. The van der Waals surface area contributed by atoms with Gasteiger partial charge < -0.3 is 9.32 Å². The van der Waals surface area contributed by atoms with Crippen LogP contribution in [0.25, 0.3) is 110 Å². The van der Waals surface area contributed by atoms with Crippen molar-refractivity contribution in [1.82, 2.24) is 0 Å². The van der Waals surface area contributed by atoms with Gasteiger partial charge in [-0.1, -0.05) is 206 Å². The molecular weight excluding hydrogens is 799 g/mol. The van der Waals surface area contributed by atoms with Crippen LogP contribution in [0, 0.1) is 0 Å². The van der Waals surface area contributed by atoms with E-state index in [1.807, 2.05) is 0 Å². The third-order valence-electron chi connectivity index (χ3n) is 13.5. The van der Waals surface area contributed by atoms with Crippen LogP contribution in [0.4, 0.5) is 17.1 Å². The SMILES string of the molecule is c1ccc(-c2ccccc2-c2ccccc2N(c2ccc(-c3ccc4c5ccccc5c5ccccc5c4c3)cc2)c2ccc(-c3cccc4ccccc34)c3oc4ccccc4c23)cc1. The molecule has 0 aliphatic carbocycles. The molecule has 12 aromatic carbocycles. The number of para-hydroxylation sites is 2. The molecule has 13 aromatic rings. The van der Waals surface area contributed by atoms with Crippen molar-refractivity contribution in [2.75, 3.05) is 4.90 Å². The van der Waals surface area contributed by atoms with E-state index in [2.05, 4.69) is 254 Å². The first-order valence-corrected chi connectivity index (χ1v) is 22.7. The molecule has 0 saturated carbocycles. The van der Waals surface area contributed by atoms with Crippen molar-refractivity contribution >= 4 is 82.1 Å². The molecule has 0 saturated heterocycles. The molecule has 0 fully saturated rings. The lowest BCUT2D eigenvalue weighted by molar-refractivity contribution is 0.670. The second-order valence-electron chi connectivity index (χ2n) is 17.1. The van der Waals surface area contributed by atoms with Gasteiger partial charge in [0.1, 0.15) is 11.2 Å². The van der Waals surface area contributed by atoms with Crippen molar-refractivity contribution < 1.29 is 4.42 Å². The topological polar surface area (TPSA) is 16.4 Å². The standard InChI is InChI=1S/C64H41NO/c1-2-17-43(18-3-1)47-22-6-7-23-49(47)56-28-12-14-31-60(56)65(61-40-39-57(50-30-16-20-44-19-4-5-21-48(44)50)64-63(61)58-29-13-15-32-62(58)66-64)46-36-33-42(34-37-46)45-35-38-55-53-26-9-8-24-51(53)52-25-10-11-27-54(52)59(55)41-45/h1-41H. The van der Waals surface area contributed by atoms with Crippen LogP contribution in [0.3, 0.4) is 0 Å². The number of hydrogen-bond acceptors (Lipinski definition) is 2. The Balaban J connectivity index is 1.04. The lowest BCUT2D eigenvalue weighted by Crippen LogP contribution is -2.12. The number of furan rings is 1. The molecule has 2 nitrogen and oxygen atoms in total.